The van der Waals surface area contributed by atoms with Crippen molar-refractivity contribution >= 4 is 38.2 Å². The van der Waals surface area contributed by atoms with Crippen molar-refractivity contribution in [1.29, 1.82) is 0 Å². The fourth-order valence-electron chi connectivity index (χ4n) is 3.13. The van der Waals surface area contributed by atoms with Crippen LogP contribution in [0, 0.1) is 0 Å². The van der Waals surface area contributed by atoms with Crippen molar-refractivity contribution in [2.75, 3.05) is 27.2 Å². The summed E-state index contributed by atoms with van der Waals surface area (Å²) in [6.45, 7) is 1.44. The van der Waals surface area contributed by atoms with Crippen molar-refractivity contribution in [2.24, 2.45) is 0 Å². The average Bonchev–Trinajstić information content (AvgIpc) is 3.12. The molecule has 0 spiro atoms. The first kappa shape index (κ1) is 17.6. The van der Waals surface area contributed by atoms with Crippen LogP contribution in [-0.4, -0.2) is 43.0 Å². The number of fused-ring (bicyclic) bond motifs is 3. The van der Waals surface area contributed by atoms with E-state index in [4.69, 9.17) is 4.98 Å². The molecule has 4 rings (SSSR count). The summed E-state index contributed by atoms with van der Waals surface area (Å²) in [5, 5.41) is 6.05. The Kier molecular flexibility index (Phi) is 4.88. The number of carbonyl (C=O) groups is 1. The number of rotatable bonds is 5. The molecule has 4 aromatic rings. The molecule has 0 saturated carbocycles. The van der Waals surface area contributed by atoms with E-state index in [9.17, 15) is 4.79 Å². The van der Waals surface area contributed by atoms with Crippen LogP contribution in [0.5, 0.6) is 0 Å². The van der Waals surface area contributed by atoms with E-state index in [1.54, 1.807) is 11.3 Å². The van der Waals surface area contributed by atoms with E-state index in [1.165, 1.54) is 0 Å². The predicted octanol–water partition coefficient (Wildman–Crippen LogP) is 4.41. The molecule has 0 aliphatic heterocycles. The van der Waals surface area contributed by atoms with Crippen LogP contribution >= 0.6 is 11.3 Å². The molecule has 136 valence electrons. The lowest BCUT2D eigenvalue weighted by molar-refractivity contribution is 0.0952. The van der Waals surface area contributed by atoms with Crippen molar-refractivity contribution < 1.29 is 4.79 Å². The predicted molar refractivity (Wildman–Crippen MR) is 113 cm³/mol. The van der Waals surface area contributed by atoms with Gasteiger partial charge in [-0.3, -0.25) is 4.79 Å². The number of nitrogens with one attached hydrogen (secondary N) is 1. The number of hydrogen-bond donors (Lipinski definition) is 1. The summed E-state index contributed by atoms with van der Waals surface area (Å²) in [4.78, 5) is 19.5. The Hall–Kier alpha value is -2.76. The minimum absolute atomic E-state index is 0.0328. The lowest BCUT2D eigenvalue weighted by Gasteiger charge is -2.11. The Morgan fingerprint density at radius 3 is 2.59 bits per heavy atom. The Morgan fingerprint density at radius 2 is 1.81 bits per heavy atom. The van der Waals surface area contributed by atoms with Gasteiger partial charge in [0.05, 0.1) is 10.2 Å². The zero-order chi connectivity index (χ0) is 18.8. The van der Waals surface area contributed by atoms with Gasteiger partial charge < -0.3 is 10.2 Å². The van der Waals surface area contributed by atoms with Crippen LogP contribution in [-0.2, 0) is 0 Å². The van der Waals surface area contributed by atoms with Crippen molar-refractivity contribution in [3.8, 4) is 10.6 Å². The molecule has 0 saturated heterocycles. The van der Waals surface area contributed by atoms with E-state index in [0.29, 0.717) is 12.1 Å². The maximum Gasteiger partial charge on any atom is 0.251 e. The second kappa shape index (κ2) is 7.47. The van der Waals surface area contributed by atoms with Gasteiger partial charge in [0.1, 0.15) is 5.01 Å². The molecule has 0 fully saturated rings. The van der Waals surface area contributed by atoms with E-state index in [2.05, 4.69) is 28.4 Å². The number of aromatic nitrogens is 1. The van der Waals surface area contributed by atoms with Gasteiger partial charge in [-0.25, -0.2) is 4.98 Å². The van der Waals surface area contributed by atoms with Gasteiger partial charge in [-0.05, 0) is 31.6 Å². The van der Waals surface area contributed by atoms with Crippen LogP contribution in [0.3, 0.4) is 0 Å². The second-order valence-corrected chi connectivity index (χ2v) is 7.76. The average molecular weight is 375 g/mol. The van der Waals surface area contributed by atoms with Crippen molar-refractivity contribution in [1.82, 2.24) is 15.2 Å². The van der Waals surface area contributed by atoms with E-state index < -0.39 is 0 Å². The number of amides is 1. The lowest BCUT2D eigenvalue weighted by atomic mass is 10.0. The zero-order valence-electron chi connectivity index (χ0n) is 15.4. The molecule has 0 unspecified atom stereocenters. The molecule has 0 atom stereocenters. The number of nitrogens with zero attached hydrogens (tertiary/aromatic N) is 2. The van der Waals surface area contributed by atoms with Crippen LogP contribution < -0.4 is 5.32 Å². The van der Waals surface area contributed by atoms with E-state index in [1.807, 2.05) is 56.6 Å². The quantitative estimate of drug-likeness (QED) is 0.562. The Labute approximate surface area is 162 Å². The normalized spacial score (nSPS) is 11.4. The third kappa shape index (κ3) is 3.56. The molecular weight excluding hydrogens is 354 g/mol. The van der Waals surface area contributed by atoms with E-state index in [0.717, 1.165) is 38.1 Å². The maximum absolute atomic E-state index is 12.7. The first-order valence-electron chi connectivity index (χ1n) is 8.94. The maximum atomic E-state index is 12.7. The SMILES string of the molecule is CN(C)CCNC(=O)c1cccc2c1ccc1nc(-c3ccccc3)sc12. The van der Waals surface area contributed by atoms with Gasteiger partial charge >= 0.3 is 0 Å². The smallest absolute Gasteiger partial charge is 0.251 e. The Bertz CT molecular complexity index is 1100. The number of carbonyl (C=O) groups excluding carboxylic acids is 1. The van der Waals surface area contributed by atoms with Crippen molar-refractivity contribution in [3.05, 3.63) is 66.2 Å². The summed E-state index contributed by atoms with van der Waals surface area (Å²) in [5.41, 5.74) is 2.80. The van der Waals surface area contributed by atoms with Gasteiger partial charge in [-0.15, -0.1) is 11.3 Å². The van der Waals surface area contributed by atoms with E-state index in [-0.39, 0.29) is 5.91 Å². The van der Waals surface area contributed by atoms with Gasteiger partial charge in [0, 0.05) is 29.6 Å². The monoisotopic (exact) mass is 375 g/mol. The van der Waals surface area contributed by atoms with Gasteiger partial charge in [-0.1, -0.05) is 48.5 Å². The molecule has 0 aliphatic carbocycles. The molecule has 1 amide bonds. The largest absolute Gasteiger partial charge is 0.351 e. The minimum Gasteiger partial charge on any atom is -0.351 e. The molecule has 1 heterocycles. The second-order valence-electron chi connectivity index (χ2n) is 6.76. The standard InChI is InChI=1S/C22H21N3OS/c1-25(2)14-13-23-21(26)18-10-6-9-17-16(18)11-12-19-20(17)27-22(24-19)15-7-4-3-5-8-15/h3-12H,13-14H2,1-2H3,(H,23,26). The Balaban J connectivity index is 1.75. The first-order valence-corrected chi connectivity index (χ1v) is 9.76. The fourth-order valence-corrected chi connectivity index (χ4v) is 4.23. The number of hydrogen-bond acceptors (Lipinski definition) is 4. The van der Waals surface area contributed by atoms with Crippen LogP contribution in [0.1, 0.15) is 10.4 Å². The summed E-state index contributed by atoms with van der Waals surface area (Å²) in [6, 6.07) is 20.1. The van der Waals surface area contributed by atoms with Crippen LogP contribution in [0.2, 0.25) is 0 Å². The Morgan fingerprint density at radius 1 is 1.00 bits per heavy atom. The minimum atomic E-state index is -0.0328. The highest BCUT2D eigenvalue weighted by Gasteiger charge is 2.14. The summed E-state index contributed by atoms with van der Waals surface area (Å²) >= 11 is 1.67. The van der Waals surface area contributed by atoms with E-state index >= 15 is 0 Å². The number of benzene rings is 3. The highest BCUT2D eigenvalue weighted by atomic mass is 32.1. The zero-order valence-corrected chi connectivity index (χ0v) is 16.2. The fraction of sp³-hybridized carbons (Fsp3) is 0.182. The highest BCUT2D eigenvalue weighted by Crippen LogP contribution is 2.35. The summed E-state index contributed by atoms with van der Waals surface area (Å²) < 4.78 is 1.12. The molecular formula is C22H21N3OS. The molecule has 1 N–H and O–H groups in total. The van der Waals surface area contributed by atoms with Crippen molar-refractivity contribution in [3.63, 3.8) is 0 Å². The first-order chi connectivity index (χ1) is 13.1. The number of thiazole rings is 1. The molecule has 3 aromatic carbocycles. The van der Waals surface area contributed by atoms with Gasteiger partial charge in [0.2, 0.25) is 0 Å². The third-order valence-electron chi connectivity index (χ3n) is 4.52. The molecule has 0 radical (unpaired) electrons. The summed E-state index contributed by atoms with van der Waals surface area (Å²) in [5.74, 6) is -0.0328. The topological polar surface area (TPSA) is 45.2 Å². The molecule has 1 aromatic heterocycles. The van der Waals surface area contributed by atoms with Crippen molar-refractivity contribution in [2.45, 2.75) is 0 Å². The number of likely N-dealkylation sites (N-methyl/N-ethyl adjacent to an activating group) is 1. The lowest BCUT2D eigenvalue weighted by Crippen LogP contribution is -2.31. The molecule has 5 heteroatoms. The third-order valence-corrected chi connectivity index (χ3v) is 5.68. The molecule has 27 heavy (non-hydrogen) atoms. The van der Waals surface area contributed by atoms with Crippen LogP contribution in [0.15, 0.2) is 60.7 Å². The van der Waals surface area contributed by atoms with Gasteiger partial charge in [0.25, 0.3) is 5.91 Å². The van der Waals surface area contributed by atoms with Crippen LogP contribution in [0.4, 0.5) is 0 Å². The van der Waals surface area contributed by atoms with Gasteiger partial charge in [0.15, 0.2) is 0 Å². The summed E-state index contributed by atoms with van der Waals surface area (Å²) in [7, 11) is 3.99. The molecule has 0 aliphatic rings. The summed E-state index contributed by atoms with van der Waals surface area (Å²) in [6.07, 6.45) is 0. The van der Waals surface area contributed by atoms with Gasteiger partial charge in [-0.2, -0.15) is 0 Å². The van der Waals surface area contributed by atoms with Crippen LogP contribution in [0.25, 0.3) is 31.6 Å². The highest BCUT2D eigenvalue weighted by molar-refractivity contribution is 7.22. The molecule has 4 nitrogen and oxygen atoms in total. The molecule has 0 bridgehead atoms.